The average Bonchev–Trinajstić information content (AvgIpc) is 3.24. The molecule has 3 N–H and O–H groups in total. The summed E-state index contributed by atoms with van der Waals surface area (Å²) in [6.45, 7) is 5.25. The van der Waals surface area contributed by atoms with Crippen LogP contribution < -0.4 is 21.9 Å². The van der Waals surface area contributed by atoms with E-state index in [9.17, 15) is 14.4 Å². The first-order chi connectivity index (χ1) is 16.0. The lowest BCUT2D eigenvalue weighted by molar-refractivity contribution is -0.116. The first-order valence-electron chi connectivity index (χ1n) is 11.1. The number of H-pyrrole nitrogens is 1. The number of thioether (sulfide) groups is 1. The summed E-state index contributed by atoms with van der Waals surface area (Å²) in [5.41, 5.74) is 6.16. The molecule has 0 aliphatic heterocycles. The first-order valence-corrected chi connectivity index (χ1v) is 12.1. The Morgan fingerprint density at radius 3 is 2.64 bits per heavy atom. The number of hydrogen-bond acceptors (Lipinski definition) is 6. The number of nitrogen functional groups attached to an aromatic ring is 1. The molecule has 0 fully saturated rings. The number of nitrogens with one attached hydrogen (secondary N) is 1. The van der Waals surface area contributed by atoms with Gasteiger partial charge in [-0.2, -0.15) is 0 Å². The van der Waals surface area contributed by atoms with E-state index >= 15 is 0 Å². The van der Waals surface area contributed by atoms with Gasteiger partial charge in [0.1, 0.15) is 5.82 Å². The summed E-state index contributed by atoms with van der Waals surface area (Å²) in [5.74, 6) is -0.159. The monoisotopic (exact) mass is 470 g/mol. The van der Waals surface area contributed by atoms with Gasteiger partial charge in [-0.3, -0.25) is 19.1 Å². The number of nitrogens with zero attached hydrogens (tertiary/aromatic N) is 4. The Bertz CT molecular complexity index is 1180. The van der Waals surface area contributed by atoms with Gasteiger partial charge < -0.3 is 15.2 Å². The fourth-order valence-electron chi connectivity index (χ4n) is 3.50. The average molecular weight is 471 g/mol. The van der Waals surface area contributed by atoms with Crippen LogP contribution in [0.5, 0.6) is 0 Å². The van der Waals surface area contributed by atoms with Gasteiger partial charge >= 0.3 is 5.69 Å². The molecule has 0 radical (unpaired) electrons. The van der Waals surface area contributed by atoms with Gasteiger partial charge in [-0.1, -0.05) is 62.4 Å². The topological polar surface area (TPSA) is 119 Å². The molecule has 0 saturated heterocycles. The minimum Gasteiger partial charge on any atom is -0.383 e. The molecule has 2 heterocycles. The number of carbonyl (C=O) groups is 1. The van der Waals surface area contributed by atoms with E-state index in [2.05, 4.69) is 9.97 Å². The van der Waals surface area contributed by atoms with Crippen LogP contribution in [0.3, 0.4) is 0 Å². The lowest BCUT2D eigenvalue weighted by Gasteiger charge is -2.24. The van der Waals surface area contributed by atoms with Gasteiger partial charge in [0.05, 0.1) is 5.75 Å². The molecule has 9 nitrogen and oxygen atoms in total. The summed E-state index contributed by atoms with van der Waals surface area (Å²) >= 11 is 1.31. The number of benzene rings is 1. The SMILES string of the molecule is CCCCN(C(=O)CSc1nccn1Cc1ccccc1)c1c(N)n(CCC)c(=O)[nH]c1=O. The second kappa shape index (κ2) is 11.6. The standard InChI is InChI=1S/C23H30N6O3S/c1-3-5-13-28(19-20(24)29(12-4-2)22(32)26-21(19)31)18(30)16-33-23-25-11-14-27(23)15-17-9-7-6-8-10-17/h6-11,14H,3-5,12-13,15-16,24H2,1-2H3,(H,26,31,32). The van der Waals surface area contributed by atoms with Crippen molar-refractivity contribution in [2.24, 2.45) is 0 Å². The maximum absolute atomic E-state index is 13.2. The number of unbranched alkanes of at least 4 members (excludes halogenated alkanes) is 1. The van der Waals surface area contributed by atoms with Gasteiger partial charge in [0, 0.05) is 32.0 Å². The molecule has 0 aliphatic carbocycles. The molecule has 0 aliphatic rings. The fraction of sp³-hybridized carbons (Fsp3) is 0.391. The van der Waals surface area contributed by atoms with Gasteiger partial charge in [-0.25, -0.2) is 9.78 Å². The first kappa shape index (κ1) is 24.4. The second-order valence-corrected chi connectivity index (χ2v) is 8.60. The normalized spacial score (nSPS) is 11.0. The molecule has 0 atom stereocenters. The Labute approximate surface area is 196 Å². The summed E-state index contributed by atoms with van der Waals surface area (Å²) in [6, 6.07) is 9.99. The molecule has 176 valence electrons. The quantitative estimate of drug-likeness (QED) is 0.416. The van der Waals surface area contributed by atoms with E-state index in [-0.39, 0.29) is 23.2 Å². The summed E-state index contributed by atoms with van der Waals surface area (Å²) in [6.07, 6.45) is 5.78. The van der Waals surface area contributed by atoms with E-state index in [0.717, 1.165) is 12.0 Å². The van der Waals surface area contributed by atoms with Gasteiger partial charge in [0.2, 0.25) is 5.91 Å². The molecule has 2 aromatic heterocycles. The maximum atomic E-state index is 13.2. The number of anilines is 2. The Balaban J connectivity index is 1.82. The highest BCUT2D eigenvalue weighted by atomic mass is 32.2. The summed E-state index contributed by atoms with van der Waals surface area (Å²) in [7, 11) is 0. The minimum absolute atomic E-state index is 0.0191. The highest BCUT2D eigenvalue weighted by Gasteiger charge is 2.24. The van der Waals surface area contributed by atoms with Crippen LogP contribution in [0.4, 0.5) is 11.5 Å². The molecule has 33 heavy (non-hydrogen) atoms. The van der Waals surface area contributed by atoms with E-state index in [1.807, 2.05) is 54.9 Å². The highest BCUT2D eigenvalue weighted by Crippen LogP contribution is 2.22. The Morgan fingerprint density at radius 2 is 1.94 bits per heavy atom. The van der Waals surface area contributed by atoms with Crippen LogP contribution in [-0.2, 0) is 17.9 Å². The van der Waals surface area contributed by atoms with Crippen molar-refractivity contribution in [2.45, 2.75) is 51.4 Å². The van der Waals surface area contributed by atoms with E-state index in [1.165, 1.54) is 21.2 Å². The van der Waals surface area contributed by atoms with Crippen LogP contribution in [0.2, 0.25) is 0 Å². The molecule has 10 heteroatoms. The van der Waals surface area contributed by atoms with Gasteiger partial charge in [-0.05, 0) is 18.4 Å². The van der Waals surface area contributed by atoms with Gasteiger partial charge in [0.25, 0.3) is 5.56 Å². The minimum atomic E-state index is -0.648. The zero-order valence-corrected chi connectivity index (χ0v) is 19.8. The Morgan fingerprint density at radius 1 is 1.18 bits per heavy atom. The predicted molar refractivity (Wildman–Crippen MR) is 132 cm³/mol. The molecule has 0 spiro atoms. The number of aromatic amines is 1. The van der Waals surface area contributed by atoms with Crippen LogP contribution >= 0.6 is 11.8 Å². The second-order valence-electron chi connectivity index (χ2n) is 7.66. The zero-order chi connectivity index (χ0) is 23.8. The number of rotatable bonds is 11. The van der Waals surface area contributed by atoms with Crippen LogP contribution in [0.25, 0.3) is 0 Å². The van der Waals surface area contributed by atoms with Crippen molar-refractivity contribution in [2.75, 3.05) is 22.9 Å². The summed E-state index contributed by atoms with van der Waals surface area (Å²) in [4.78, 5) is 46.2. The number of carbonyl (C=O) groups excluding carboxylic acids is 1. The highest BCUT2D eigenvalue weighted by molar-refractivity contribution is 7.99. The Kier molecular flexibility index (Phi) is 8.53. The lowest BCUT2D eigenvalue weighted by atomic mass is 10.2. The third kappa shape index (κ3) is 5.95. The molecular formula is C23H30N6O3S. The largest absolute Gasteiger partial charge is 0.383 e. The molecule has 0 saturated carbocycles. The molecule has 3 aromatic rings. The van der Waals surface area contributed by atoms with Crippen LogP contribution in [0.1, 0.15) is 38.7 Å². The van der Waals surface area contributed by atoms with Crippen LogP contribution in [0.15, 0.2) is 57.5 Å². The molecule has 0 bridgehead atoms. The number of hydrogen-bond donors (Lipinski definition) is 2. The van der Waals surface area contributed by atoms with Gasteiger partial charge in [-0.15, -0.1) is 0 Å². The maximum Gasteiger partial charge on any atom is 0.330 e. The predicted octanol–water partition coefficient (Wildman–Crippen LogP) is 2.70. The van der Waals surface area contributed by atoms with Crippen molar-refractivity contribution in [3.8, 4) is 0 Å². The number of amides is 1. The van der Waals surface area contributed by atoms with Crippen molar-refractivity contribution in [1.29, 1.82) is 0 Å². The third-order valence-electron chi connectivity index (χ3n) is 5.17. The van der Waals surface area contributed by atoms with E-state index in [4.69, 9.17) is 5.73 Å². The molecule has 1 amide bonds. The van der Waals surface area contributed by atoms with Crippen molar-refractivity contribution >= 4 is 29.2 Å². The van der Waals surface area contributed by atoms with Crippen molar-refractivity contribution in [1.82, 2.24) is 19.1 Å². The smallest absolute Gasteiger partial charge is 0.330 e. The van der Waals surface area contributed by atoms with Crippen molar-refractivity contribution < 1.29 is 4.79 Å². The molecule has 0 unspecified atom stereocenters. The molecule has 3 rings (SSSR count). The lowest BCUT2D eigenvalue weighted by Crippen LogP contribution is -2.42. The van der Waals surface area contributed by atoms with E-state index in [1.54, 1.807) is 6.20 Å². The van der Waals surface area contributed by atoms with Crippen LogP contribution in [0, 0.1) is 0 Å². The van der Waals surface area contributed by atoms with Crippen molar-refractivity contribution in [3.05, 3.63) is 69.1 Å². The van der Waals surface area contributed by atoms with E-state index < -0.39 is 11.2 Å². The number of aromatic nitrogens is 4. The van der Waals surface area contributed by atoms with Crippen LogP contribution in [-0.4, -0.2) is 37.3 Å². The van der Waals surface area contributed by atoms with Crippen molar-refractivity contribution in [3.63, 3.8) is 0 Å². The zero-order valence-electron chi connectivity index (χ0n) is 19.0. The fourth-order valence-corrected chi connectivity index (χ4v) is 4.34. The summed E-state index contributed by atoms with van der Waals surface area (Å²) in [5, 5.41) is 0.709. The number of nitrogens with two attached hydrogens (primary N) is 1. The summed E-state index contributed by atoms with van der Waals surface area (Å²) < 4.78 is 3.29. The third-order valence-corrected chi connectivity index (χ3v) is 6.15. The van der Waals surface area contributed by atoms with E-state index in [0.29, 0.717) is 37.6 Å². The number of imidazole rings is 1. The molecular weight excluding hydrogens is 440 g/mol. The Hall–Kier alpha value is -3.27. The molecule has 1 aromatic carbocycles. The van der Waals surface area contributed by atoms with Gasteiger partial charge in [0.15, 0.2) is 10.8 Å².